The molecule has 0 heterocycles. The summed E-state index contributed by atoms with van der Waals surface area (Å²) in [7, 11) is 1.83. The van der Waals surface area contributed by atoms with Crippen molar-refractivity contribution in [1.82, 2.24) is 5.32 Å². The molecule has 1 aliphatic rings. The molecule has 2 atom stereocenters. The zero-order chi connectivity index (χ0) is 14.3. The molecule has 1 aromatic carbocycles. The normalized spacial score (nSPS) is 26.4. The second-order valence-corrected chi connectivity index (χ2v) is 4.89. The molecule has 1 aromatic rings. The van der Waals surface area contributed by atoms with Crippen LogP contribution >= 0.6 is 0 Å². The number of carbonyl (C=O) groups is 1. The van der Waals surface area contributed by atoms with Crippen LogP contribution in [0.25, 0.3) is 0 Å². The van der Waals surface area contributed by atoms with Crippen LogP contribution in [0, 0.1) is 0 Å². The second kappa shape index (κ2) is 7.22. The Bertz CT molecular complexity index is 404. The van der Waals surface area contributed by atoms with Crippen molar-refractivity contribution in [3.8, 4) is 0 Å². The summed E-state index contributed by atoms with van der Waals surface area (Å²) in [4.78, 5) is 12.0. The number of Topliss-reactive ketones (excluding diaryl/α,β-unsaturated/α-hetero) is 1. The van der Waals surface area contributed by atoms with E-state index < -0.39 is 5.60 Å². The van der Waals surface area contributed by atoms with Gasteiger partial charge in [-0.2, -0.15) is 0 Å². The SMILES string of the molecule is C=C.CNCC1(O)CCC(=O)C(c2ccccc2)C1. The van der Waals surface area contributed by atoms with Crippen LogP contribution < -0.4 is 5.32 Å². The first kappa shape index (κ1) is 15.6. The van der Waals surface area contributed by atoms with E-state index in [9.17, 15) is 9.90 Å². The first-order valence-electron chi connectivity index (χ1n) is 6.59. The third-order valence-electron chi connectivity index (χ3n) is 3.52. The highest BCUT2D eigenvalue weighted by Gasteiger charge is 2.38. The van der Waals surface area contributed by atoms with E-state index in [-0.39, 0.29) is 11.7 Å². The van der Waals surface area contributed by atoms with Crippen molar-refractivity contribution in [2.24, 2.45) is 0 Å². The summed E-state index contributed by atoms with van der Waals surface area (Å²) in [5, 5.41) is 13.4. The van der Waals surface area contributed by atoms with Crippen LogP contribution in [-0.4, -0.2) is 30.1 Å². The summed E-state index contributed by atoms with van der Waals surface area (Å²) in [5.74, 6) is 0.0975. The van der Waals surface area contributed by atoms with Crippen LogP contribution in [0.3, 0.4) is 0 Å². The Hall–Kier alpha value is -1.45. The van der Waals surface area contributed by atoms with Crippen molar-refractivity contribution in [3.05, 3.63) is 49.1 Å². The van der Waals surface area contributed by atoms with Crippen molar-refractivity contribution in [1.29, 1.82) is 0 Å². The molecule has 1 fully saturated rings. The molecule has 104 valence electrons. The fourth-order valence-electron chi connectivity index (χ4n) is 2.60. The predicted molar refractivity (Wildman–Crippen MR) is 78.2 cm³/mol. The minimum absolute atomic E-state index is 0.150. The van der Waals surface area contributed by atoms with Gasteiger partial charge in [0.05, 0.1) is 5.60 Å². The summed E-state index contributed by atoms with van der Waals surface area (Å²) in [6.07, 6.45) is 1.56. The van der Waals surface area contributed by atoms with Crippen molar-refractivity contribution < 1.29 is 9.90 Å². The van der Waals surface area contributed by atoms with Gasteiger partial charge in [0, 0.05) is 18.9 Å². The lowest BCUT2D eigenvalue weighted by Crippen LogP contribution is -2.45. The zero-order valence-electron chi connectivity index (χ0n) is 11.6. The van der Waals surface area contributed by atoms with Gasteiger partial charge in [0.15, 0.2) is 0 Å². The lowest BCUT2D eigenvalue weighted by Gasteiger charge is -2.36. The Labute approximate surface area is 115 Å². The number of benzene rings is 1. The Morgan fingerprint density at radius 1 is 1.37 bits per heavy atom. The van der Waals surface area contributed by atoms with Crippen LogP contribution in [0.4, 0.5) is 0 Å². The van der Waals surface area contributed by atoms with E-state index in [0.29, 0.717) is 25.8 Å². The summed E-state index contributed by atoms with van der Waals surface area (Å²) < 4.78 is 0. The quantitative estimate of drug-likeness (QED) is 0.821. The topological polar surface area (TPSA) is 49.3 Å². The molecule has 3 heteroatoms. The summed E-state index contributed by atoms with van der Waals surface area (Å²) in [5.41, 5.74) is 0.273. The van der Waals surface area contributed by atoms with Gasteiger partial charge in [-0.1, -0.05) is 30.3 Å². The highest BCUT2D eigenvalue weighted by molar-refractivity contribution is 5.86. The molecule has 0 radical (unpaired) electrons. The van der Waals surface area contributed by atoms with Gasteiger partial charge in [0.25, 0.3) is 0 Å². The first-order chi connectivity index (χ1) is 9.14. The van der Waals surface area contributed by atoms with E-state index in [0.717, 1.165) is 5.56 Å². The van der Waals surface area contributed by atoms with Gasteiger partial charge in [-0.05, 0) is 25.5 Å². The third-order valence-corrected chi connectivity index (χ3v) is 3.52. The number of nitrogens with one attached hydrogen (secondary N) is 1. The standard InChI is InChI=1S/C14H19NO2.C2H4/c1-15-10-14(17)8-7-13(16)12(9-14)11-5-3-2-4-6-11;1-2/h2-6,12,15,17H,7-10H2,1H3;1-2H2. The summed E-state index contributed by atoms with van der Waals surface area (Å²) >= 11 is 0. The number of hydrogen-bond donors (Lipinski definition) is 2. The van der Waals surface area contributed by atoms with Gasteiger partial charge in [0.2, 0.25) is 0 Å². The van der Waals surface area contributed by atoms with Gasteiger partial charge in [-0.3, -0.25) is 4.79 Å². The van der Waals surface area contributed by atoms with E-state index in [1.165, 1.54) is 0 Å². The predicted octanol–water partition coefficient (Wildman–Crippen LogP) is 2.28. The molecule has 0 spiro atoms. The molecule has 2 unspecified atom stereocenters. The van der Waals surface area contributed by atoms with E-state index in [2.05, 4.69) is 18.5 Å². The number of carbonyl (C=O) groups excluding carboxylic acids is 1. The molecular weight excluding hydrogens is 238 g/mol. The fraction of sp³-hybridized carbons (Fsp3) is 0.438. The maximum Gasteiger partial charge on any atom is 0.140 e. The molecule has 19 heavy (non-hydrogen) atoms. The lowest BCUT2D eigenvalue weighted by atomic mass is 9.74. The van der Waals surface area contributed by atoms with Gasteiger partial charge in [0.1, 0.15) is 5.78 Å². The summed E-state index contributed by atoms with van der Waals surface area (Å²) in [6, 6.07) is 9.75. The highest BCUT2D eigenvalue weighted by Crippen LogP contribution is 2.35. The molecule has 0 amide bonds. The molecule has 3 nitrogen and oxygen atoms in total. The van der Waals surface area contributed by atoms with Gasteiger partial charge >= 0.3 is 0 Å². The van der Waals surface area contributed by atoms with E-state index in [4.69, 9.17) is 0 Å². The Balaban J connectivity index is 0.000000861. The van der Waals surface area contributed by atoms with Crippen LogP contribution in [0.15, 0.2) is 43.5 Å². The van der Waals surface area contributed by atoms with Crippen LogP contribution in [0.2, 0.25) is 0 Å². The van der Waals surface area contributed by atoms with E-state index >= 15 is 0 Å². The Morgan fingerprint density at radius 3 is 2.58 bits per heavy atom. The molecule has 1 aliphatic carbocycles. The third kappa shape index (κ3) is 4.01. The number of rotatable bonds is 3. The fourth-order valence-corrected chi connectivity index (χ4v) is 2.60. The van der Waals surface area contributed by atoms with Crippen molar-refractivity contribution >= 4 is 5.78 Å². The average Bonchev–Trinajstić information content (AvgIpc) is 2.45. The van der Waals surface area contributed by atoms with Crippen LogP contribution in [0.5, 0.6) is 0 Å². The number of ketones is 1. The van der Waals surface area contributed by atoms with Crippen molar-refractivity contribution in [2.45, 2.75) is 30.8 Å². The van der Waals surface area contributed by atoms with E-state index in [1.54, 1.807) is 0 Å². The largest absolute Gasteiger partial charge is 0.389 e. The zero-order valence-corrected chi connectivity index (χ0v) is 11.6. The maximum atomic E-state index is 12.0. The molecular formula is C16H23NO2. The number of hydrogen-bond acceptors (Lipinski definition) is 3. The number of aliphatic hydroxyl groups is 1. The van der Waals surface area contributed by atoms with Crippen molar-refractivity contribution in [3.63, 3.8) is 0 Å². The van der Waals surface area contributed by atoms with Crippen molar-refractivity contribution in [2.75, 3.05) is 13.6 Å². The lowest BCUT2D eigenvalue weighted by molar-refractivity contribution is -0.127. The highest BCUT2D eigenvalue weighted by atomic mass is 16.3. The maximum absolute atomic E-state index is 12.0. The minimum atomic E-state index is -0.747. The molecule has 0 aromatic heterocycles. The minimum Gasteiger partial charge on any atom is -0.389 e. The average molecular weight is 261 g/mol. The Kier molecular flexibility index (Phi) is 5.93. The monoisotopic (exact) mass is 261 g/mol. The van der Waals surface area contributed by atoms with Gasteiger partial charge < -0.3 is 10.4 Å². The van der Waals surface area contributed by atoms with E-state index in [1.807, 2.05) is 37.4 Å². The first-order valence-corrected chi connectivity index (χ1v) is 6.59. The molecule has 1 saturated carbocycles. The smallest absolute Gasteiger partial charge is 0.140 e. The molecule has 0 saturated heterocycles. The Morgan fingerprint density at radius 2 is 2.00 bits per heavy atom. The molecule has 0 aliphatic heterocycles. The molecule has 2 N–H and O–H groups in total. The van der Waals surface area contributed by atoms with Gasteiger partial charge in [-0.25, -0.2) is 0 Å². The summed E-state index contributed by atoms with van der Waals surface area (Å²) in [6.45, 7) is 6.55. The molecule has 2 rings (SSSR count). The van der Waals surface area contributed by atoms with Crippen LogP contribution in [0.1, 0.15) is 30.7 Å². The number of likely N-dealkylation sites (N-methyl/N-ethyl adjacent to an activating group) is 1. The van der Waals surface area contributed by atoms with Crippen LogP contribution in [-0.2, 0) is 4.79 Å². The second-order valence-electron chi connectivity index (χ2n) is 4.89. The molecule has 0 bridgehead atoms. The van der Waals surface area contributed by atoms with Gasteiger partial charge in [-0.15, -0.1) is 13.2 Å².